The van der Waals surface area contributed by atoms with Gasteiger partial charge in [0.05, 0.1) is 11.8 Å². The Balaban J connectivity index is 1.51. The smallest absolute Gasteiger partial charge is 0.257 e. The number of carbonyl (C=O) groups is 1. The maximum absolute atomic E-state index is 12.1. The molecule has 126 valence electrons. The molecule has 0 spiro atoms. The van der Waals surface area contributed by atoms with Gasteiger partial charge in [0.15, 0.2) is 5.58 Å². The summed E-state index contributed by atoms with van der Waals surface area (Å²) in [6.07, 6.45) is 0. The Morgan fingerprint density at radius 1 is 1.33 bits per heavy atom. The van der Waals surface area contributed by atoms with Crippen LogP contribution in [0, 0.1) is 0 Å². The molecule has 5 nitrogen and oxygen atoms in total. The number of nitrogens with one attached hydrogen (secondary N) is 1. The Hall–Kier alpha value is -1.83. The first kappa shape index (κ1) is 17.0. The van der Waals surface area contributed by atoms with Gasteiger partial charge in [0.25, 0.3) is 5.22 Å². The molecule has 0 saturated carbocycles. The third kappa shape index (κ3) is 4.17. The lowest BCUT2D eigenvalue weighted by molar-refractivity contribution is -0.118. The molecule has 0 aliphatic carbocycles. The summed E-state index contributed by atoms with van der Waals surface area (Å²) in [5.41, 5.74) is 1.55. The summed E-state index contributed by atoms with van der Waals surface area (Å²) in [5.74, 6) is 0.267. The third-order valence-corrected chi connectivity index (χ3v) is 5.39. The van der Waals surface area contributed by atoms with Crippen molar-refractivity contribution in [3.8, 4) is 0 Å². The first-order valence-corrected chi connectivity index (χ1v) is 9.45. The molecule has 0 aliphatic rings. The van der Waals surface area contributed by atoms with Crippen LogP contribution in [0.2, 0.25) is 0 Å². The highest BCUT2D eigenvalue weighted by Gasteiger charge is 2.16. The number of rotatable bonds is 7. The van der Waals surface area contributed by atoms with Gasteiger partial charge in [0.1, 0.15) is 5.52 Å². The summed E-state index contributed by atoms with van der Waals surface area (Å²) in [5, 5.41) is 5.57. The predicted octanol–water partition coefficient (Wildman–Crippen LogP) is 3.40. The van der Waals surface area contributed by atoms with Gasteiger partial charge < -0.3 is 14.6 Å². The molecule has 0 bridgehead atoms. The van der Waals surface area contributed by atoms with Gasteiger partial charge >= 0.3 is 0 Å². The summed E-state index contributed by atoms with van der Waals surface area (Å²) in [7, 11) is 4.03. The first-order valence-electron chi connectivity index (χ1n) is 7.58. The second-order valence-corrected chi connectivity index (χ2v) is 7.44. The number of carbonyl (C=O) groups excluding carboxylic acids is 1. The van der Waals surface area contributed by atoms with E-state index in [1.165, 1.54) is 16.6 Å². The molecule has 0 aliphatic heterocycles. The number of oxazole rings is 1. The average Bonchev–Trinajstić information content (AvgIpc) is 3.22. The van der Waals surface area contributed by atoms with Crippen molar-refractivity contribution < 1.29 is 9.21 Å². The topological polar surface area (TPSA) is 58.4 Å². The first-order chi connectivity index (χ1) is 11.6. The Labute approximate surface area is 149 Å². The molecule has 1 N–H and O–H groups in total. The highest BCUT2D eigenvalue weighted by molar-refractivity contribution is 7.99. The number of fused-ring (bicyclic) bond motifs is 1. The number of hydrogen-bond acceptors (Lipinski definition) is 6. The van der Waals surface area contributed by atoms with Crippen LogP contribution >= 0.6 is 23.1 Å². The fraction of sp³-hybridized carbons (Fsp3) is 0.294. The highest BCUT2D eigenvalue weighted by atomic mass is 32.2. The van der Waals surface area contributed by atoms with Gasteiger partial charge in [-0.1, -0.05) is 30.0 Å². The van der Waals surface area contributed by atoms with E-state index in [2.05, 4.69) is 26.6 Å². The lowest BCUT2D eigenvalue weighted by Crippen LogP contribution is -2.35. The van der Waals surface area contributed by atoms with Crippen LogP contribution in [0.1, 0.15) is 10.9 Å². The normalized spacial score (nSPS) is 12.6. The van der Waals surface area contributed by atoms with Gasteiger partial charge in [-0.3, -0.25) is 4.79 Å². The minimum absolute atomic E-state index is 0.0225. The van der Waals surface area contributed by atoms with E-state index >= 15 is 0 Å². The maximum atomic E-state index is 12.1. The number of aromatic nitrogens is 1. The Bertz CT molecular complexity index is 766. The molecule has 3 rings (SSSR count). The Morgan fingerprint density at radius 3 is 2.88 bits per heavy atom. The summed E-state index contributed by atoms with van der Waals surface area (Å²) in [6.45, 7) is 0.584. The van der Waals surface area contributed by atoms with Gasteiger partial charge in [-0.15, -0.1) is 11.3 Å². The molecule has 1 atom stereocenters. The summed E-state index contributed by atoms with van der Waals surface area (Å²) < 4.78 is 5.61. The number of benzene rings is 1. The number of thioether (sulfide) groups is 1. The van der Waals surface area contributed by atoms with Gasteiger partial charge in [0.2, 0.25) is 5.91 Å². The number of thiophene rings is 1. The lowest BCUT2D eigenvalue weighted by atomic mass is 10.2. The van der Waals surface area contributed by atoms with Crippen molar-refractivity contribution in [3.05, 3.63) is 46.7 Å². The average molecular weight is 361 g/mol. The zero-order valence-electron chi connectivity index (χ0n) is 13.6. The van der Waals surface area contributed by atoms with Crippen LogP contribution in [0.5, 0.6) is 0 Å². The van der Waals surface area contributed by atoms with Crippen molar-refractivity contribution in [2.45, 2.75) is 11.3 Å². The molecule has 2 heterocycles. The van der Waals surface area contributed by atoms with Gasteiger partial charge in [-0.05, 0) is 37.7 Å². The molecule has 7 heteroatoms. The van der Waals surface area contributed by atoms with E-state index in [0.29, 0.717) is 11.8 Å². The molecule has 2 aromatic heterocycles. The van der Waals surface area contributed by atoms with Crippen LogP contribution in [0.3, 0.4) is 0 Å². The largest absolute Gasteiger partial charge is 0.431 e. The standard InChI is InChI=1S/C17H19N3O2S2/c1-20(2)13(15-8-5-9-23-15)10-18-16(21)11-24-17-19-12-6-3-4-7-14(12)22-17/h3-9,13H,10-11H2,1-2H3,(H,18,21). The maximum Gasteiger partial charge on any atom is 0.257 e. The molecular weight excluding hydrogens is 342 g/mol. The molecule has 24 heavy (non-hydrogen) atoms. The number of amides is 1. The van der Waals surface area contributed by atoms with Crippen molar-refractivity contribution in [3.63, 3.8) is 0 Å². The number of nitrogens with zero attached hydrogens (tertiary/aromatic N) is 2. The second-order valence-electron chi connectivity index (χ2n) is 5.54. The van der Waals surface area contributed by atoms with Gasteiger partial charge in [-0.25, -0.2) is 4.98 Å². The van der Waals surface area contributed by atoms with Crippen LogP contribution in [-0.2, 0) is 4.79 Å². The molecule has 0 fully saturated rings. The fourth-order valence-corrected chi connectivity index (χ4v) is 3.91. The monoisotopic (exact) mass is 361 g/mol. The summed E-state index contributed by atoms with van der Waals surface area (Å²) in [4.78, 5) is 19.8. The van der Waals surface area contributed by atoms with Crippen LogP contribution in [0.25, 0.3) is 11.1 Å². The zero-order valence-corrected chi connectivity index (χ0v) is 15.2. The van der Waals surface area contributed by atoms with Crippen molar-refractivity contribution >= 4 is 40.1 Å². The zero-order chi connectivity index (χ0) is 16.9. The Kier molecular flexibility index (Phi) is 5.55. The minimum atomic E-state index is -0.0225. The molecule has 1 aromatic carbocycles. The van der Waals surface area contributed by atoms with E-state index in [-0.39, 0.29) is 17.7 Å². The van der Waals surface area contributed by atoms with Crippen LogP contribution in [0.15, 0.2) is 51.4 Å². The van der Waals surface area contributed by atoms with E-state index in [1.54, 1.807) is 11.3 Å². The van der Waals surface area contributed by atoms with Crippen molar-refractivity contribution in [1.82, 2.24) is 15.2 Å². The molecule has 3 aromatic rings. The number of hydrogen-bond donors (Lipinski definition) is 1. The van der Waals surface area contributed by atoms with E-state index in [0.717, 1.165) is 11.1 Å². The predicted molar refractivity (Wildman–Crippen MR) is 98.5 cm³/mol. The fourth-order valence-electron chi connectivity index (χ4n) is 2.32. The molecule has 0 radical (unpaired) electrons. The van der Waals surface area contributed by atoms with Crippen LogP contribution in [0.4, 0.5) is 0 Å². The van der Waals surface area contributed by atoms with E-state index in [9.17, 15) is 4.79 Å². The summed E-state index contributed by atoms with van der Waals surface area (Å²) in [6, 6.07) is 11.9. The van der Waals surface area contributed by atoms with E-state index < -0.39 is 0 Å². The number of likely N-dealkylation sites (N-methyl/N-ethyl adjacent to an activating group) is 1. The van der Waals surface area contributed by atoms with Crippen LogP contribution in [-0.4, -0.2) is 42.2 Å². The van der Waals surface area contributed by atoms with Gasteiger partial charge in [0, 0.05) is 11.4 Å². The molecule has 0 saturated heterocycles. The Morgan fingerprint density at radius 2 is 2.17 bits per heavy atom. The van der Waals surface area contributed by atoms with Crippen molar-refractivity contribution in [2.75, 3.05) is 26.4 Å². The number of para-hydroxylation sites is 2. The third-order valence-electron chi connectivity index (χ3n) is 3.59. The van der Waals surface area contributed by atoms with E-state index in [1.807, 2.05) is 44.4 Å². The summed E-state index contributed by atoms with van der Waals surface area (Å²) >= 11 is 3.01. The quantitative estimate of drug-likeness (QED) is 0.654. The minimum Gasteiger partial charge on any atom is -0.431 e. The molecule has 1 unspecified atom stereocenters. The SMILES string of the molecule is CN(C)C(CNC(=O)CSc1nc2ccccc2o1)c1cccs1. The lowest BCUT2D eigenvalue weighted by Gasteiger charge is -2.23. The van der Waals surface area contributed by atoms with Crippen molar-refractivity contribution in [2.24, 2.45) is 0 Å². The van der Waals surface area contributed by atoms with Crippen molar-refractivity contribution in [1.29, 1.82) is 0 Å². The molecular formula is C17H19N3O2S2. The second kappa shape index (κ2) is 7.83. The van der Waals surface area contributed by atoms with Crippen LogP contribution < -0.4 is 5.32 Å². The highest BCUT2D eigenvalue weighted by Crippen LogP contribution is 2.24. The molecule has 1 amide bonds. The van der Waals surface area contributed by atoms with E-state index in [4.69, 9.17) is 4.42 Å². The van der Waals surface area contributed by atoms with Gasteiger partial charge in [-0.2, -0.15) is 0 Å².